The molecule has 0 radical (unpaired) electrons. The van der Waals surface area contributed by atoms with Crippen molar-refractivity contribution in [2.45, 2.75) is 12.8 Å². The number of aromatic nitrogens is 1. The molecule has 0 aliphatic carbocycles. The Morgan fingerprint density at radius 2 is 1.94 bits per heavy atom. The lowest BCUT2D eigenvalue weighted by molar-refractivity contribution is -0.116. The van der Waals surface area contributed by atoms with Crippen molar-refractivity contribution in [1.29, 1.82) is 0 Å². The van der Waals surface area contributed by atoms with Crippen LogP contribution in [0, 0.1) is 0 Å². The molecule has 2 aromatic rings. The summed E-state index contributed by atoms with van der Waals surface area (Å²) in [4.78, 5) is 15.9. The Morgan fingerprint density at radius 1 is 1.17 bits per heavy atom. The fourth-order valence-corrected chi connectivity index (χ4v) is 1.67. The van der Waals surface area contributed by atoms with Gasteiger partial charge in [0.1, 0.15) is 0 Å². The van der Waals surface area contributed by atoms with E-state index in [4.69, 9.17) is 11.6 Å². The Balaban J connectivity index is 1.84. The van der Waals surface area contributed by atoms with Crippen molar-refractivity contribution >= 4 is 23.2 Å². The van der Waals surface area contributed by atoms with Crippen molar-refractivity contribution in [1.82, 2.24) is 4.98 Å². The molecule has 4 heteroatoms. The molecule has 1 aromatic heterocycles. The van der Waals surface area contributed by atoms with Crippen LogP contribution in [0.15, 0.2) is 48.7 Å². The number of aryl methyl sites for hydroxylation is 1. The van der Waals surface area contributed by atoms with Gasteiger partial charge in [0.15, 0.2) is 0 Å². The van der Waals surface area contributed by atoms with Crippen LogP contribution in [-0.2, 0) is 11.2 Å². The second-order valence-electron chi connectivity index (χ2n) is 3.88. The van der Waals surface area contributed by atoms with Gasteiger partial charge in [0.25, 0.3) is 0 Å². The van der Waals surface area contributed by atoms with Crippen LogP contribution >= 0.6 is 11.6 Å². The average molecular weight is 261 g/mol. The molecule has 0 unspecified atom stereocenters. The van der Waals surface area contributed by atoms with Gasteiger partial charge in [0.2, 0.25) is 5.91 Å². The fourth-order valence-electron chi connectivity index (χ4n) is 1.54. The Hall–Kier alpha value is -1.87. The minimum Gasteiger partial charge on any atom is -0.326 e. The highest BCUT2D eigenvalue weighted by Crippen LogP contribution is 2.13. The fraction of sp³-hybridized carbons (Fsp3) is 0.143. The Kier molecular flexibility index (Phi) is 4.31. The van der Waals surface area contributed by atoms with Crippen molar-refractivity contribution in [3.8, 4) is 0 Å². The van der Waals surface area contributed by atoms with E-state index in [0.29, 0.717) is 17.9 Å². The Morgan fingerprint density at radius 3 is 2.61 bits per heavy atom. The third kappa shape index (κ3) is 3.86. The maximum atomic E-state index is 11.7. The molecule has 0 atom stereocenters. The molecular weight excluding hydrogens is 248 g/mol. The van der Waals surface area contributed by atoms with Crippen molar-refractivity contribution < 1.29 is 4.79 Å². The zero-order valence-electron chi connectivity index (χ0n) is 9.77. The summed E-state index contributed by atoms with van der Waals surface area (Å²) in [6.07, 6.45) is 2.78. The summed E-state index contributed by atoms with van der Waals surface area (Å²) in [5.41, 5.74) is 1.68. The number of amides is 1. The molecule has 18 heavy (non-hydrogen) atoms. The molecule has 0 bridgehead atoms. The number of nitrogens with one attached hydrogen (secondary N) is 1. The summed E-state index contributed by atoms with van der Waals surface area (Å²) in [7, 11) is 0. The van der Waals surface area contributed by atoms with E-state index in [0.717, 1.165) is 11.4 Å². The number of pyridine rings is 1. The first-order valence-corrected chi connectivity index (χ1v) is 6.07. The van der Waals surface area contributed by atoms with Crippen molar-refractivity contribution in [3.05, 3.63) is 59.4 Å². The molecule has 2 rings (SSSR count). The molecule has 0 spiro atoms. The molecule has 1 heterocycles. The van der Waals surface area contributed by atoms with E-state index in [2.05, 4.69) is 10.3 Å². The summed E-state index contributed by atoms with van der Waals surface area (Å²) in [5, 5.41) is 3.47. The number of rotatable bonds is 4. The van der Waals surface area contributed by atoms with Gasteiger partial charge >= 0.3 is 0 Å². The van der Waals surface area contributed by atoms with Gasteiger partial charge in [-0.2, -0.15) is 0 Å². The number of halogens is 1. The molecule has 0 saturated carbocycles. The quantitative estimate of drug-likeness (QED) is 0.916. The summed E-state index contributed by atoms with van der Waals surface area (Å²) >= 11 is 5.77. The van der Waals surface area contributed by atoms with Crippen LogP contribution in [0.1, 0.15) is 12.1 Å². The number of hydrogen-bond donors (Lipinski definition) is 1. The van der Waals surface area contributed by atoms with Gasteiger partial charge < -0.3 is 5.32 Å². The van der Waals surface area contributed by atoms with E-state index in [1.54, 1.807) is 30.5 Å². The average Bonchev–Trinajstić information content (AvgIpc) is 2.40. The molecule has 0 aliphatic rings. The Labute approximate surface area is 111 Å². The van der Waals surface area contributed by atoms with Gasteiger partial charge in [-0.05, 0) is 42.8 Å². The zero-order chi connectivity index (χ0) is 12.8. The van der Waals surface area contributed by atoms with Gasteiger partial charge in [-0.25, -0.2) is 0 Å². The lowest BCUT2D eigenvalue weighted by Gasteiger charge is -2.05. The predicted molar refractivity (Wildman–Crippen MR) is 72.6 cm³/mol. The third-order valence-corrected chi connectivity index (χ3v) is 2.71. The van der Waals surface area contributed by atoms with Crippen molar-refractivity contribution in [2.24, 2.45) is 0 Å². The number of carbonyl (C=O) groups excluding carboxylic acids is 1. The molecule has 0 fully saturated rings. The lowest BCUT2D eigenvalue weighted by atomic mass is 10.2. The number of hydrogen-bond acceptors (Lipinski definition) is 2. The minimum atomic E-state index is -0.0250. The first kappa shape index (κ1) is 12.6. The normalized spacial score (nSPS) is 10.1. The summed E-state index contributed by atoms with van der Waals surface area (Å²) in [5.74, 6) is -0.0250. The molecule has 1 amide bonds. The van der Waals surface area contributed by atoms with Crippen LogP contribution in [0.3, 0.4) is 0 Å². The van der Waals surface area contributed by atoms with Crippen molar-refractivity contribution in [3.63, 3.8) is 0 Å². The van der Waals surface area contributed by atoms with Crippen LogP contribution in [0.5, 0.6) is 0 Å². The molecule has 3 nitrogen and oxygen atoms in total. The van der Waals surface area contributed by atoms with E-state index in [9.17, 15) is 4.79 Å². The Bertz CT molecular complexity index is 511. The van der Waals surface area contributed by atoms with Crippen LogP contribution in [0.25, 0.3) is 0 Å². The molecule has 0 saturated heterocycles. The number of carbonyl (C=O) groups is 1. The third-order valence-electron chi connectivity index (χ3n) is 2.46. The number of benzene rings is 1. The van der Waals surface area contributed by atoms with E-state index >= 15 is 0 Å². The smallest absolute Gasteiger partial charge is 0.224 e. The topological polar surface area (TPSA) is 42.0 Å². The van der Waals surface area contributed by atoms with Gasteiger partial charge in [-0.3, -0.25) is 9.78 Å². The highest BCUT2D eigenvalue weighted by Gasteiger charge is 2.03. The van der Waals surface area contributed by atoms with Gasteiger partial charge in [0, 0.05) is 29.0 Å². The zero-order valence-corrected chi connectivity index (χ0v) is 10.5. The summed E-state index contributed by atoms with van der Waals surface area (Å²) < 4.78 is 0. The monoisotopic (exact) mass is 260 g/mol. The summed E-state index contributed by atoms with van der Waals surface area (Å²) in [6.45, 7) is 0. The molecule has 1 N–H and O–H groups in total. The van der Waals surface area contributed by atoms with E-state index < -0.39 is 0 Å². The SMILES string of the molecule is O=C(CCc1ccccn1)Nc1ccc(Cl)cc1. The van der Waals surface area contributed by atoms with Crippen LogP contribution < -0.4 is 5.32 Å². The van der Waals surface area contributed by atoms with E-state index in [1.165, 1.54) is 0 Å². The first-order valence-electron chi connectivity index (χ1n) is 5.69. The molecule has 0 aliphatic heterocycles. The van der Waals surface area contributed by atoms with Crippen LogP contribution in [0.4, 0.5) is 5.69 Å². The van der Waals surface area contributed by atoms with Gasteiger partial charge in [-0.1, -0.05) is 17.7 Å². The number of nitrogens with zero attached hydrogens (tertiary/aromatic N) is 1. The maximum Gasteiger partial charge on any atom is 0.224 e. The maximum absolute atomic E-state index is 11.7. The second-order valence-corrected chi connectivity index (χ2v) is 4.31. The molecule has 1 aromatic carbocycles. The highest BCUT2D eigenvalue weighted by molar-refractivity contribution is 6.30. The molecular formula is C14H13ClN2O. The lowest BCUT2D eigenvalue weighted by Crippen LogP contribution is -2.12. The highest BCUT2D eigenvalue weighted by atomic mass is 35.5. The van der Waals surface area contributed by atoms with Crippen LogP contribution in [0.2, 0.25) is 5.02 Å². The molecule has 92 valence electrons. The largest absolute Gasteiger partial charge is 0.326 e. The van der Waals surface area contributed by atoms with Crippen LogP contribution in [-0.4, -0.2) is 10.9 Å². The number of anilines is 1. The van der Waals surface area contributed by atoms with Gasteiger partial charge in [0.05, 0.1) is 0 Å². The van der Waals surface area contributed by atoms with Gasteiger partial charge in [-0.15, -0.1) is 0 Å². The summed E-state index contributed by atoms with van der Waals surface area (Å²) in [6, 6.07) is 12.7. The predicted octanol–water partition coefficient (Wildman–Crippen LogP) is 3.31. The van der Waals surface area contributed by atoms with Crippen molar-refractivity contribution in [2.75, 3.05) is 5.32 Å². The first-order chi connectivity index (χ1) is 8.74. The van der Waals surface area contributed by atoms with E-state index in [-0.39, 0.29) is 5.91 Å². The standard InChI is InChI=1S/C14H13ClN2O/c15-11-4-6-13(7-5-11)17-14(18)9-8-12-3-1-2-10-16-12/h1-7,10H,8-9H2,(H,17,18). The minimum absolute atomic E-state index is 0.0250. The second kappa shape index (κ2) is 6.17. The van der Waals surface area contributed by atoms with E-state index in [1.807, 2.05) is 18.2 Å².